The number of hydrogen-bond acceptors (Lipinski definition) is 4. The Hall–Kier alpha value is -1.14. The third kappa shape index (κ3) is 6.03. The fraction of sp³-hybridized carbons (Fsp3) is 0.778. The van der Waals surface area contributed by atoms with Gasteiger partial charge in [-0.3, -0.25) is 20.0 Å². The van der Waals surface area contributed by atoms with Crippen molar-refractivity contribution in [3.8, 4) is 0 Å². The quantitative estimate of drug-likeness (QED) is 0.271. The zero-order valence-electron chi connectivity index (χ0n) is 9.62. The van der Waals surface area contributed by atoms with Crippen LogP contribution in [0.5, 0.6) is 0 Å². The van der Waals surface area contributed by atoms with E-state index in [2.05, 4.69) is 5.43 Å². The lowest BCUT2D eigenvalue weighted by atomic mass is 10.2. The smallest absolute Gasteiger partial charge is 0.236 e. The average Bonchev–Trinajstić information content (AvgIpc) is 2.22. The Morgan fingerprint density at radius 1 is 1.13 bits per heavy atom. The standard InChI is InChI=1S/C9H20N4O2/c1-12(2)13(3)9(15)7-5-4-6-8(14)11-10/h4-7,10H2,1-3H3,(H,11,14). The van der Waals surface area contributed by atoms with Crippen LogP contribution < -0.4 is 11.3 Å². The first kappa shape index (κ1) is 13.9. The van der Waals surface area contributed by atoms with Gasteiger partial charge in [-0.15, -0.1) is 0 Å². The molecule has 0 aromatic carbocycles. The molecule has 0 aromatic heterocycles. The summed E-state index contributed by atoms with van der Waals surface area (Å²) in [6.45, 7) is 0. The van der Waals surface area contributed by atoms with Crippen LogP contribution in [0.1, 0.15) is 25.7 Å². The monoisotopic (exact) mass is 216 g/mol. The highest BCUT2D eigenvalue weighted by molar-refractivity contribution is 5.76. The van der Waals surface area contributed by atoms with E-state index in [1.165, 1.54) is 0 Å². The van der Waals surface area contributed by atoms with Crippen molar-refractivity contribution < 1.29 is 9.59 Å². The van der Waals surface area contributed by atoms with E-state index in [1.54, 1.807) is 31.2 Å². The van der Waals surface area contributed by atoms with Gasteiger partial charge in [0.25, 0.3) is 0 Å². The Balaban J connectivity index is 3.60. The number of hydrazine groups is 2. The first-order valence-electron chi connectivity index (χ1n) is 4.92. The molecule has 0 atom stereocenters. The molecule has 0 fully saturated rings. The SMILES string of the molecule is CN(C)N(C)C(=O)CCCCC(=O)NN. The molecule has 88 valence electrons. The summed E-state index contributed by atoms with van der Waals surface area (Å²) in [5.41, 5.74) is 2.05. The molecule has 0 rings (SSSR count). The van der Waals surface area contributed by atoms with Crippen molar-refractivity contribution in [3.05, 3.63) is 0 Å². The van der Waals surface area contributed by atoms with Gasteiger partial charge in [0.15, 0.2) is 0 Å². The number of carbonyl (C=O) groups excluding carboxylic acids is 2. The molecule has 0 heterocycles. The molecule has 0 aromatic rings. The number of nitrogens with two attached hydrogens (primary N) is 1. The van der Waals surface area contributed by atoms with Gasteiger partial charge < -0.3 is 0 Å². The predicted octanol–water partition coefficient (Wildman–Crippen LogP) is -0.528. The largest absolute Gasteiger partial charge is 0.294 e. The van der Waals surface area contributed by atoms with Crippen molar-refractivity contribution in [2.75, 3.05) is 21.1 Å². The molecule has 6 nitrogen and oxygen atoms in total. The maximum Gasteiger partial charge on any atom is 0.236 e. The maximum atomic E-state index is 11.5. The Bertz CT molecular complexity index is 218. The van der Waals surface area contributed by atoms with E-state index in [-0.39, 0.29) is 11.8 Å². The highest BCUT2D eigenvalue weighted by Gasteiger charge is 2.09. The van der Waals surface area contributed by atoms with E-state index >= 15 is 0 Å². The highest BCUT2D eigenvalue weighted by atomic mass is 16.2. The highest BCUT2D eigenvalue weighted by Crippen LogP contribution is 2.02. The summed E-state index contributed by atoms with van der Waals surface area (Å²) in [6, 6.07) is 0. The fourth-order valence-electron chi connectivity index (χ4n) is 1.02. The van der Waals surface area contributed by atoms with Crippen LogP contribution in [0.15, 0.2) is 0 Å². The van der Waals surface area contributed by atoms with Gasteiger partial charge in [0.2, 0.25) is 11.8 Å². The lowest BCUT2D eigenvalue weighted by molar-refractivity contribution is -0.141. The van der Waals surface area contributed by atoms with Gasteiger partial charge in [-0.05, 0) is 12.8 Å². The predicted molar refractivity (Wildman–Crippen MR) is 57.3 cm³/mol. The molecule has 0 aliphatic carbocycles. The van der Waals surface area contributed by atoms with Gasteiger partial charge in [-0.2, -0.15) is 0 Å². The first-order valence-corrected chi connectivity index (χ1v) is 4.92. The van der Waals surface area contributed by atoms with Crippen molar-refractivity contribution in [2.45, 2.75) is 25.7 Å². The van der Waals surface area contributed by atoms with Crippen molar-refractivity contribution in [1.82, 2.24) is 15.4 Å². The molecule has 0 aliphatic rings. The van der Waals surface area contributed by atoms with E-state index in [1.807, 2.05) is 0 Å². The zero-order valence-corrected chi connectivity index (χ0v) is 9.62. The lowest BCUT2D eigenvalue weighted by Gasteiger charge is -2.24. The van der Waals surface area contributed by atoms with Crippen LogP contribution in [0.3, 0.4) is 0 Å². The van der Waals surface area contributed by atoms with Crippen molar-refractivity contribution in [1.29, 1.82) is 0 Å². The Morgan fingerprint density at radius 3 is 2.13 bits per heavy atom. The van der Waals surface area contributed by atoms with E-state index in [0.717, 1.165) is 0 Å². The van der Waals surface area contributed by atoms with Gasteiger partial charge in [0, 0.05) is 34.0 Å². The molecule has 0 saturated heterocycles. The van der Waals surface area contributed by atoms with Crippen LogP contribution in [0.25, 0.3) is 0 Å². The number of rotatable bonds is 6. The summed E-state index contributed by atoms with van der Waals surface area (Å²) in [6.07, 6.45) is 2.20. The summed E-state index contributed by atoms with van der Waals surface area (Å²) >= 11 is 0. The molecular formula is C9H20N4O2. The maximum absolute atomic E-state index is 11.5. The van der Waals surface area contributed by atoms with Crippen molar-refractivity contribution >= 4 is 11.8 Å². The minimum Gasteiger partial charge on any atom is -0.294 e. The van der Waals surface area contributed by atoms with Gasteiger partial charge in [-0.1, -0.05) is 0 Å². The molecule has 6 heteroatoms. The van der Waals surface area contributed by atoms with Crippen LogP contribution in [0, 0.1) is 0 Å². The first-order chi connectivity index (χ1) is 6.99. The number of hydrogen-bond donors (Lipinski definition) is 2. The Morgan fingerprint density at radius 2 is 1.67 bits per heavy atom. The topological polar surface area (TPSA) is 78.7 Å². The van der Waals surface area contributed by atoms with E-state index in [0.29, 0.717) is 25.7 Å². The molecular weight excluding hydrogens is 196 g/mol. The Labute approximate surface area is 90.3 Å². The van der Waals surface area contributed by atoms with E-state index < -0.39 is 0 Å². The molecule has 0 bridgehead atoms. The van der Waals surface area contributed by atoms with E-state index in [4.69, 9.17) is 5.84 Å². The molecule has 3 N–H and O–H groups in total. The third-order valence-electron chi connectivity index (χ3n) is 2.17. The number of unbranched alkanes of at least 4 members (excludes halogenated alkanes) is 1. The molecule has 0 saturated carbocycles. The second-order valence-corrected chi connectivity index (χ2v) is 3.54. The summed E-state index contributed by atoms with van der Waals surface area (Å²) < 4.78 is 0. The number of nitrogens with zero attached hydrogens (tertiary/aromatic N) is 2. The van der Waals surface area contributed by atoms with Gasteiger partial charge in [0.1, 0.15) is 0 Å². The molecule has 2 amide bonds. The number of carbonyl (C=O) groups is 2. The third-order valence-corrected chi connectivity index (χ3v) is 2.17. The van der Waals surface area contributed by atoms with Crippen LogP contribution in [0.2, 0.25) is 0 Å². The molecule has 0 aliphatic heterocycles. The van der Waals surface area contributed by atoms with Gasteiger partial charge in [0.05, 0.1) is 0 Å². The van der Waals surface area contributed by atoms with Crippen LogP contribution >= 0.6 is 0 Å². The summed E-state index contributed by atoms with van der Waals surface area (Å²) in [5.74, 6) is 4.78. The number of nitrogens with one attached hydrogen (secondary N) is 1. The fourth-order valence-corrected chi connectivity index (χ4v) is 1.02. The van der Waals surface area contributed by atoms with Crippen LogP contribution in [0.4, 0.5) is 0 Å². The Kier molecular flexibility index (Phi) is 6.64. The lowest BCUT2D eigenvalue weighted by Crippen LogP contribution is -2.38. The van der Waals surface area contributed by atoms with Crippen molar-refractivity contribution in [2.24, 2.45) is 5.84 Å². The second kappa shape index (κ2) is 7.19. The second-order valence-electron chi connectivity index (χ2n) is 3.54. The zero-order chi connectivity index (χ0) is 11.8. The molecule has 0 unspecified atom stereocenters. The van der Waals surface area contributed by atoms with Crippen LogP contribution in [-0.2, 0) is 9.59 Å². The van der Waals surface area contributed by atoms with E-state index in [9.17, 15) is 9.59 Å². The summed E-state index contributed by atoms with van der Waals surface area (Å²) in [5, 5.41) is 3.26. The minimum atomic E-state index is -0.191. The van der Waals surface area contributed by atoms with Crippen LogP contribution in [-0.4, -0.2) is 43.0 Å². The average molecular weight is 216 g/mol. The summed E-state index contributed by atoms with van der Waals surface area (Å²) in [4.78, 5) is 22.2. The normalized spacial score (nSPS) is 10.2. The molecule has 15 heavy (non-hydrogen) atoms. The van der Waals surface area contributed by atoms with Gasteiger partial charge >= 0.3 is 0 Å². The number of amides is 2. The van der Waals surface area contributed by atoms with Gasteiger partial charge in [-0.25, -0.2) is 10.9 Å². The van der Waals surface area contributed by atoms with Crippen molar-refractivity contribution in [3.63, 3.8) is 0 Å². The minimum absolute atomic E-state index is 0.0492. The molecule has 0 radical (unpaired) electrons. The summed E-state index contributed by atoms with van der Waals surface area (Å²) in [7, 11) is 5.33. The molecule has 0 spiro atoms.